The molecule has 0 aliphatic heterocycles. The summed E-state index contributed by atoms with van der Waals surface area (Å²) in [5, 5.41) is 8.86. The second-order valence-corrected chi connectivity index (χ2v) is 8.86. The van der Waals surface area contributed by atoms with E-state index in [1.165, 1.54) is 12.1 Å². The van der Waals surface area contributed by atoms with Crippen LogP contribution in [0.15, 0.2) is 16.3 Å². The normalized spacial score (nSPS) is 22.6. The molecule has 1 aliphatic carbocycles. The summed E-state index contributed by atoms with van der Waals surface area (Å²) in [4.78, 5) is 10.9. The highest BCUT2D eigenvalue weighted by atomic mass is 32.2. The Kier molecular flexibility index (Phi) is 4.22. The van der Waals surface area contributed by atoms with Crippen molar-refractivity contribution in [1.29, 1.82) is 0 Å². The first-order valence-corrected chi connectivity index (χ1v) is 8.88. The van der Waals surface area contributed by atoms with Gasteiger partial charge in [-0.3, -0.25) is 0 Å². The Balaban J connectivity index is 2.20. The van der Waals surface area contributed by atoms with Crippen molar-refractivity contribution in [1.82, 2.24) is 4.72 Å². The zero-order chi connectivity index (χ0) is 15.0. The average molecular weight is 317 g/mol. The summed E-state index contributed by atoms with van der Waals surface area (Å²) in [6.07, 6.45) is 3.95. The molecule has 0 bridgehead atoms. The van der Waals surface area contributed by atoms with Crippen molar-refractivity contribution < 1.29 is 18.3 Å². The van der Waals surface area contributed by atoms with E-state index < -0.39 is 16.0 Å². The van der Waals surface area contributed by atoms with Crippen LogP contribution in [0, 0.1) is 5.41 Å². The number of rotatable bonds is 4. The molecule has 7 heteroatoms. The fraction of sp³-hybridized carbons (Fsp3) is 0.615. The van der Waals surface area contributed by atoms with Crippen LogP contribution in [0.5, 0.6) is 0 Å². The molecule has 2 N–H and O–H groups in total. The average Bonchev–Trinajstić information content (AvgIpc) is 2.82. The van der Waals surface area contributed by atoms with Crippen LogP contribution in [-0.2, 0) is 10.0 Å². The summed E-state index contributed by atoms with van der Waals surface area (Å²) >= 11 is 0.787. The van der Waals surface area contributed by atoms with Gasteiger partial charge >= 0.3 is 5.97 Å². The molecule has 1 aliphatic rings. The van der Waals surface area contributed by atoms with Crippen LogP contribution >= 0.6 is 11.3 Å². The SMILES string of the molecule is CC1(C)CCCCC1NS(=O)(=O)c1ccc(C(=O)O)s1. The minimum atomic E-state index is -3.64. The summed E-state index contributed by atoms with van der Waals surface area (Å²) in [7, 11) is -3.64. The van der Waals surface area contributed by atoms with Crippen LogP contribution < -0.4 is 4.72 Å². The van der Waals surface area contributed by atoms with Crippen molar-refractivity contribution in [2.24, 2.45) is 5.41 Å². The summed E-state index contributed by atoms with van der Waals surface area (Å²) in [5.41, 5.74) is -0.0712. The lowest BCUT2D eigenvalue weighted by molar-refractivity contribution is 0.0702. The van der Waals surface area contributed by atoms with E-state index in [1.54, 1.807) is 0 Å². The number of carbonyl (C=O) groups is 1. The molecule has 1 atom stereocenters. The first kappa shape index (κ1) is 15.5. The molecule has 5 nitrogen and oxygen atoms in total. The number of hydrogen-bond acceptors (Lipinski definition) is 4. The van der Waals surface area contributed by atoms with Gasteiger partial charge in [-0.25, -0.2) is 17.9 Å². The van der Waals surface area contributed by atoms with Gasteiger partial charge in [0.15, 0.2) is 0 Å². The van der Waals surface area contributed by atoms with Gasteiger partial charge in [0, 0.05) is 6.04 Å². The van der Waals surface area contributed by atoms with E-state index in [2.05, 4.69) is 18.6 Å². The maximum absolute atomic E-state index is 12.3. The van der Waals surface area contributed by atoms with Gasteiger partial charge in [-0.2, -0.15) is 0 Å². The standard InChI is InChI=1S/C13H19NO4S2/c1-13(2)8-4-3-5-10(13)14-20(17,18)11-7-6-9(19-11)12(15)16/h6-7,10,14H,3-5,8H2,1-2H3,(H,15,16). The zero-order valence-electron chi connectivity index (χ0n) is 11.5. The second kappa shape index (κ2) is 5.46. The fourth-order valence-electron chi connectivity index (χ4n) is 2.54. The van der Waals surface area contributed by atoms with E-state index in [9.17, 15) is 13.2 Å². The Morgan fingerprint density at radius 2 is 2.10 bits per heavy atom. The largest absolute Gasteiger partial charge is 0.477 e. The molecule has 0 saturated heterocycles. The third-order valence-electron chi connectivity index (χ3n) is 3.86. The number of hydrogen-bond donors (Lipinski definition) is 2. The monoisotopic (exact) mass is 317 g/mol. The minimum Gasteiger partial charge on any atom is -0.477 e. The summed E-state index contributed by atoms with van der Waals surface area (Å²) < 4.78 is 27.5. The van der Waals surface area contributed by atoms with Gasteiger partial charge in [0.2, 0.25) is 10.0 Å². The highest BCUT2D eigenvalue weighted by molar-refractivity contribution is 7.91. The van der Waals surface area contributed by atoms with Crippen molar-refractivity contribution in [3.63, 3.8) is 0 Å². The first-order chi connectivity index (χ1) is 9.22. The Bertz CT molecular complexity index is 604. The number of carboxylic acids is 1. The van der Waals surface area contributed by atoms with E-state index in [0.717, 1.165) is 37.0 Å². The molecule has 1 aromatic heterocycles. The third-order valence-corrected chi connectivity index (χ3v) is 6.90. The van der Waals surface area contributed by atoms with E-state index in [0.29, 0.717) is 0 Å². The summed E-state index contributed by atoms with van der Waals surface area (Å²) in [6, 6.07) is 2.58. The number of carboxylic acid groups (broad SMARTS) is 1. The molecular formula is C13H19NO4S2. The predicted molar refractivity (Wildman–Crippen MR) is 77.6 cm³/mol. The second-order valence-electron chi connectivity index (χ2n) is 5.83. The quantitative estimate of drug-likeness (QED) is 0.894. The molecule has 1 unspecified atom stereocenters. The van der Waals surface area contributed by atoms with E-state index in [4.69, 9.17) is 5.11 Å². The first-order valence-electron chi connectivity index (χ1n) is 6.58. The smallest absolute Gasteiger partial charge is 0.345 e. The fourth-order valence-corrected chi connectivity index (χ4v) is 5.14. The molecule has 0 amide bonds. The lowest BCUT2D eigenvalue weighted by Gasteiger charge is -2.38. The van der Waals surface area contributed by atoms with Crippen LogP contribution in [0.2, 0.25) is 0 Å². The van der Waals surface area contributed by atoms with Crippen molar-refractivity contribution in [3.8, 4) is 0 Å². The predicted octanol–water partition coefficient (Wildman–Crippen LogP) is 2.69. The van der Waals surface area contributed by atoms with Gasteiger partial charge in [-0.1, -0.05) is 26.7 Å². The molecule has 112 valence electrons. The molecule has 1 aromatic rings. The van der Waals surface area contributed by atoms with Crippen LogP contribution in [-0.4, -0.2) is 25.5 Å². The number of sulfonamides is 1. The number of nitrogens with one attached hydrogen (secondary N) is 1. The summed E-state index contributed by atoms with van der Waals surface area (Å²) in [5.74, 6) is -1.10. The van der Waals surface area contributed by atoms with Gasteiger partial charge in [0.1, 0.15) is 9.09 Å². The Hall–Kier alpha value is -0.920. The lowest BCUT2D eigenvalue weighted by Crippen LogP contribution is -2.46. The molecule has 20 heavy (non-hydrogen) atoms. The van der Waals surface area contributed by atoms with Crippen LogP contribution in [0.25, 0.3) is 0 Å². The van der Waals surface area contributed by atoms with Crippen molar-refractivity contribution in [2.45, 2.75) is 49.8 Å². The third kappa shape index (κ3) is 3.21. The molecule has 1 fully saturated rings. The van der Waals surface area contributed by atoms with Gasteiger partial charge < -0.3 is 5.11 Å². The molecule has 0 radical (unpaired) electrons. The Morgan fingerprint density at radius 1 is 1.40 bits per heavy atom. The van der Waals surface area contributed by atoms with E-state index in [-0.39, 0.29) is 20.5 Å². The molecule has 1 saturated carbocycles. The molecular weight excluding hydrogens is 298 g/mol. The lowest BCUT2D eigenvalue weighted by atomic mass is 9.74. The molecule has 0 aromatic carbocycles. The maximum Gasteiger partial charge on any atom is 0.345 e. The van der Waals surface area contributed by atoms with Crippen molar-refractivity contribution >= 4 is 27.3 Å². The van der Waals surface area contributed by atoms with Crippen LogP contribution in [0.4, 0.5) is 0 Å². The van der Waals surface area contributed by atoms with Gasteiger partial charge in [-0.05, 0) is 30.4 Å². The zero-order valence-corrected chi connectivity index (χ0v) is 13.2. The minimum absolute atomic E-state index is 0.0354. The molecule has 2 rings (SSSR count). The van der Waals surface area contributed by atoms with Crippen LogP contribution in [0.3, 0.4) is 0 Å². The highest BCUT2D eigenvalue weighted by Gasteiger charge is 2.35. The number of thiophene rings is 1. The van der Waals surface area contributed by atoms with E-state index in [1.807, 2.05) is 0 Å². The van der Waals surface area contributed by atoms with Crippen molar-refractivity contribution in [3.05, 3.63) is 17.0 Å². The summed E-state index contributed by atoms with van der Waals surface area (Å²) in [6.45, 7) is 4.13. The van der Waals surface area contributed by atoms with Gasteiger partial charge in [-0.15, -0.1) is 11.3 Å². The van der Waals surface area contributed by atoms with E-state index >= 15 is 0 Å². The van der Waals surface area contributed by atoms with Crippen LogP contribution in [0.1, 0.15) is 49.2 Å². The number of aromatic carboxylic acids is 1. The Labute approximate surface area is 123 Å². The van der Waals surface area contributed by atoms with Gasteiger partial charge in [0.05, 0.1) is 0 Å². The van der Waals surface area contributed by atoms with Crippen molar-refractivity contribution in [2.75, 3.05) is 0 Å². The highest BCUT2D eigenvalue weighted by Crippen LogP contribution is 2.36. The maximum atomic E-state index is 12.3. The topological polar surface area (TPSA) is 83.5 Å². The molecule has 1 heterocycles. The van der Waals surface area contributed by atoms with Gasteiger partial charge in [0.25, 0.3) is 0 Å². The molecule has 0 spiro atoms. The Morgan fingerprint density at radius 3 is 2.65 bits per heavy atom.